The summed E-state index contributed by atoms with van der Waals surface area (Å²) in [5.74, 6) is 0.727. The number of piperidine rings is 1. The molecule has 0 radical (unpaired) electrons. The molecule has 1 aliphatic carbocycles. The van der Waals surface area contributed by atoms with Crippen LogP contribution in [0, 0.1) is 0 Å². The number of hydrogen-bond donors (Lipinski definition) is 1. The third-order valence-electron chi connectivity index (χ3n) is 3.21. The maximum Gasteiger partial charge on any atom is 0.0858 e. The molecule has 0 unspecified atom stereocenters. The highest BCUT2D eigenvalue weighted by molar-refractivity contribution is 5.85. The second-order valence-electron chi connectivity index (χ2n) is 4.38. The van der Waals surface area contributed by atoms with E-state index in [-0.39, 0.29) is 24.8 Å². The van der Waals surface area contributed by atoms with Crippen LogP contribution in [0.3, 0.4) is 0 Å². The van der Waals surface area contributed by atoms with Gasteiger partial charge in [-0.3, -0.25) is 0 Å². The molecule has 16 heavy (non-hydrogen) atoms. The molecule has 0 amide bonds. The first-order valence-corrected chi connectivity index (χ1v) is 5.56. The summed E-state index contributed by atoms with van der Waals surface area (Å²) in [7, 11) is 0. The fourth-order valence-electron chi connectivity index (χ4n) is 2.11. The van der Waals surface area contributed by atoms with Crippen LogP contribution in [0.15, 0.2) is 6.20 Å². The highest BCUT2D eigenvalue weighted by Gasteiger charge is 2.27. The van der Waals surface area contributed by atoms with E-state index in [4.69, 9.17) is 0 Å². The van der Waals surface area contributed by atoms with Crippen molar-refractivity contribution in [3.63, 3.8) is 0 Å². The van der Waals surface area contributed by atoms with Crippen molar-refractivity contribution in [2.45, 2.75) is 37.6 Å². The van der Waals surface area contributed by atoms with Gasteiger partial charge in [0.05, 0.1) is 11.7 Å². The first-order chi connectivity index (χ1) is 6.93. The van der Waals surface area contributed by atoms with Crippen LogP contribution >= 0.6 is 24.8 Å². The first-order valence-electron chi connectivity index (χ1n) is 5.56. The summed E-state index contributed by atoms with van der Waals surface area (Å²) in [4.78, 5) is 0. The Labute approximate surface area is 108 Å². The van der Waals surface area contributed by atoms with Crippen molar-refractivity contribution in [1.29, 1.82) is 0 Å². The molecule has 0 atom stereocenters. The van der Waals surface area contributed by atoms with E-state index in [0.717, 1.165) is 19.0 Å². The molecular weight excluding hydrogens is 247 g/mol. The second kappa shape index (κ2) is 5.84. The van der Waals surface area contributed by atoms with Crippen LogP contribution in [0.25, 0.3) is 0 Å². The Morgan fingerprint density at radius 1 is 1.12 bits per heavy atom. The molecule has 1 saturated carbocycles. The van der Waals surface area contributed by atoms with Crippen LogP contribution in [0.2, 0.25) is 0 Å². The number of hydrogen-bond acceptors (Lipinski definition) is 3. The van der Waals surface area contributed by atoms with Crippen molar-refractivity contribution >= 4 is 24.8 Å². The van der Waals surface area contributed by atoms with Crippen molar-refractivity contribution in [2.75, 3.05) is 13.1 Å². The van der Waals surface area contributed by atoms with Gasteiger partial charge in [0.15, 0.2) is 0 Å². The number of aromatic nitrogens is 3. The SMILES string of the molecule is Cl.Cl.c1c(C2CC2)nnn1C1CCNCC1. The fraction of sp³-hybridized carbons (Fsp3) is 0.800. The topological polar surface area (TPSA) is 42.7 Å². The Balaban J connectivity index is 0.000000640. The van der Waals surface area contributed by atoms with E-state index in [1.165, 1.54) is 31.4 Å². The Morgan fingerprint density at radius 3 is 2.44 bits per heavy atom. The van der Waals surface area contributed by atoms with E-state index in [0.29, 0.717) is 6.04 Å². The average Bonchev–Trinajstić information content (AvgIpc) is 2.98. The Kier molecular flexibility index (Phi) is 5.02. The smallest absolute Gasteiger partial charge is 0.0858 e. The molecule has 2 fully saturated rings. The number of rotatable bonds is 2. The molecule has 2 heterocycles. The van der Waals surface area contributed by atoms with Crippen LogP contribution in [0.1, 0.15) is 43.3 Å². The molecule has 6 heteroatoms. The maximum absolute atomic E-state index is 4.25. The van der Waals surface area contributed by atoms with Gasteiger partial charge >= 0.3 is 0 Å². The maximum atomic E-state index is 4.25. The van der Waals surface area contributed by atoms with E-state index < -0.39 is 0 Å². The second-order valence-corrected chi connectivity index (χ2v) is 4.38. The van der Waals surface area contributed by atoms with Crippen LogP contribution in [-0.2, 0) is 0 Å². The van der Waals surface area contributed by atoms with Gasteiger partial charge in [-0.15, -0.1) is 29.9 Å². The minimum atomic E-state index is 0. The van der Waals surface area contributed by atoms with Crippen molar-refractivity contribution in [2.24, 2.45) is 0 Å². The van der Waals surface area contributed by atoms with Gasteiger partial charge in [-0.1, -0.05) is 5.21 Å². The molecule has 1 N–H and O–H groups in total. The van der Waals surface area contributed by atoms with Gasteiger partial charge in [0.25, 0.3) is 0 Å². The van der Waals surface area contributed by atoms with Gasteiger partial charge in [0.2, 0.25) is 0 Å². The van der Waals surface area contributed by atoms with Crippen molar-refractivity contribution < 1.29 is 0 Å². The van der Waals surface area contributed by atoms with Crippen LogP contribution in [-0.4, -0.2) is 28.1 Å². The number of nitrogens with one attached hydrogen (secondary N) is 1. The third-order valence-corrected chi connectivity index (χ3v) is 3.21. The van der Waals surface area contributed by atoms with E-state index in [1.54, 1.807) is 0 Å². The van der Waals surface area contributed by atoms with Crippen LogP contribution in [0.5, 0.6) is 0 Å². The normalized spacial score (nSPS) is 21.0. The van der Waals surface area contributed by atoms with Crippen molar-refractivity contribution in [1.82, 2.24) is 20.3 Å². The highest BCUT2D eigenvalue weighted by Crippen LogP contribution is 2.38. The lowest BCUT2D eigenvalue weighted by molar-refractivity contribution is 0.337. The van der Waals surface area contributed by atoms with Crippen LogP contribution < -0.4 is 5.32 Å². The van der Waals surface area contributed by atoms with Gasteiger partial charge in [0, 0.05) is 12.1 Å². The lowest BCUT2D eigenvalue weighted by Crippen LogP contribution is -2.29. The minimum Gasteiger partial charge on any atom is -0.317 e. The van der Waals surface area contributed by atoms with Gasteiger partial charge < -0.3 is 5.32 Å². The molecule has 3 rings (SSSR count). The van der Waals surface area contributed by atoms with Gasteiger partial charge in [-0.05, 0) is 38.8 Å². The molecule has 2 aliphatic rings. The minimum absolute atomic E-state index is 0. The largest absolute Gasteiger partial charge is 0.317 e. The van der Waals surface area contributed by atoms with Gasteiger partial charge in [-0.25, -0.2) is 4.68 Å². The molecule has 1 aromatic rings. The van der Waals surface area contributed by atoms with Crippen molar-refractivity contribution in [3.8, 4) is 0 Å². The zero-order valence-corrected chi connectivity index (χ0v) is 10.8. The molecule has 92 valence electrons. The van der Waals surface area contributed by atoms with Gasteiger partial charge in [-0.2, -0.15) is 0 Å². The zero-order valence-electron chi connectivity index (χ0n) is 9.13. The zero-order chi connectivity index (χ0) is 9.38. The quantitative estimate of drug-likeness (QED) is 0.888. The molecule has 1 aromatic heterocycles. The highest BCUT2D eigenvalue weighted by atomic mass is 35.5. The lowest BCUT2D eigenvalue weighted by atomic mass is 10.1. The molecule has 0 bridgehead atoms. The molecule has 1 saturated heterocycles. The van der Waals surface area contributed by atoms with Crippen LogP contribution in [0.4, 0.5) is 0 Å². The van der Waals surface area contributed by atoms with Crippen molar-refractivity contribution in [3.05, 3.63) is 11.9 Å². The summed E-state index contributed by atoms with van der Waals surface area (Å²) in [6.45, 7) is 2.23. The Morgan fingerprint density at radius 2 is 1.81 bits per heavy atom. The Hall–Kier alpha value is -0.320. The van der Waals surface area contributed by atoms with E-state index >= 15 is 0 Å². The summed E-state index contributed by atoms with van der Waals surface area (Å²) in [5.41, 5.74) is 1.21. The average molecular weight is 265 g/mol. The predicted molar refractivity (Wildman–Crippen MR) is 67.6 cm³/mol. The molecule has 4 nitrogen and oxygen atoms in total. The Bertz CT molecular complexity index is 318. The monoisotopic (exact) mass is 264 g/mol. The fourth-order valence-corrected chi connectivity index (χ4v) is 2.11. The standard InChI is InChI=1S/C10H16N4.2ClH/c1-2-8(1)10-7-14(13-12-10)9-3-5-11-6-4-9;;/h7-9,11H,1-6H2;2*1H. The lowest BCUT2D eigenvalue weighted by Gasteiger charge is -2.22. The van der Waals surface area contributed by atoms with E-state index in [1.807, 2.05) is 0 Å². The molecule has 1 aliphatic heterocycles. The molecule has 0 aromatic carbocycles. The summed E-state index contributed by atoms with van der Waals surface area (Å²) in [6, 6.07) is 0.580. The van der Waals surface area contributed by atoms with Gasteiger partial charge in [0.1, 0.15) is 0 Å². The predicted octanol–water partition coefficient (Wildman–Crippen LogP) is 1.92. The molecular formula is C10H18Cl2N4. The van der Waals surface area contributed by atoms with E-state index in [2.05, 4.69) is 26.5 Å². The third kappa shape index (κ3) is 2.87. The summed E-state index contributed by atoms with van der Waals surface area (Å²) < 4.78 is 2.08. The number of halogens is 2. The summed E-state index contributed by atoms with van der Waals surface area (Å²) in [5, 5.41) is 11.9. The summed E-state index contributed by atoms with van der Waals surface area (Å²) in [6.07, 6.45) is 7.16. The number of nitrogens with zero attached hydrogens (tertiary/aromatic N) is 3. The molecule has 0 spiro atoms. The van der Waals surface area contributed by atoms with E-state index in [9.17, 15) is 0 Å². The summed E-state index contributed by atoms with van der Waals surface area (Å²) >= 11 is 0. The first kappa shape index (κ1) is 13.7.